The van der Waals surface area contributed by atoms with Gasteiger partial charge in [0.25, 0.3) is 0 Å². The summed E-state index contributed by atoms with van der Waals surface area (Å²) < 4.78 is 7.53. The van der Waals surface area contributed by atoms with Crippen molar-refractivity contribution in [3.63, 3.8) is 0 Å². The molecule has 118 valence electrons. The molecule has 0 aliphatic rings. The molecular formula is C18H20N4O. The lowest BCUT2D eigenvalue weighted by atomic mass is 10.1. The molecule has 0 saturated heterocycles. The Bertz CT molecular complexity index is 891. The lowest BCUT2D eigenvalue weighted by molar-refractivity contribution is 0.154. The van der Waals surface area contributed by atoms with Crippen LogP contribution in [0.5, 0.6) is 0 Å². The van der Waals surface area contributed by atoms with E-state index in [1.54, 1.807) is 0 Å². The number of hydrogen-bond acceptors (Lipinski definition) is 4. The number of nitriles is 1. The summed E-state index contributed by atoms with van der Waals surface area (Å²) in [5.74, 6) is 1.02. The van der Waals surface area contributed by atoms with Crippen LogP contribution in [-0.4, -0.2) is 36.2 Å². The molecule has 5 nitrogen and oxygen atoms in total. The van der Waals surface area contributed by atoms with Crippen molar-refractivity contribution in [1.29, 1.82) is 5.26 Å². The molecular weight excluding hydrogens is 288 g/mol. The predicted molar refractivity (Wildman–Crippen MR) is 91.9 cm³/mol. The zero-order chi connectivity index (χ0) is 16.4. The molecule has 0 amide bonds. The van der Waals surface area contributed by atoms with E-state index in [1.807, 2.05) is 51.2 Å². The van der Waals surface area contributed by atoms with Crippen molar-refractivity contribution in [2.45, 2.75) is 13.8 Å². The normalized spacial score (nSPS) is 11.0. The summed E-state index contributed by atoms with van der Waals surface area (Å²) in [7, 11) is 2.04. The van der Waals surface area contributed by atoms with Crippen LogP contribution in [0.25, 0.3) is 16.7 Å². The van der Waals surface area contributed by atoms with Crippen LogP contribution in [0.15, 0.2) is 30.3 Å². The summed E-state index contributed by atoms with van der Waals surface area (Å²) >= 11 is 0. The molecule has 0 unspecified atom stereocenters. The van der Waals surface area contributed by atoms with E-state index >= 15 is 0 Å². The number of benzene rings is 1. The Morgan fingerprint density at radius 2 is 2.13 bits per heavy atom. The number of hydrogen-bond donors (Lipinski definition) is 0. The highest BCUT2D eigenvalue weighted by molar-refractivity contribution is 5.85. The Kier molecular flexibility index (Phi) is 4.18. The lowest BCUT2D eigenvalue weighted by Crippen LogP contribution is -2.25. The van der Waals surface area contributed by atoms with E-state index in [0.717, 1.165) is 29.0 Å². The average Bonchev–Trinajstić information content (AvgIpc) is 2.93. The smallest absolute Gasteiger partial charge is 0.157 e. The number of para-hydroxylation sites is 2. The minimum Gasteiger partial charge on any atom is -0.380 e. The van der Waals surface area contributed by atoms with E-state index in [1.165, 1.54) is 0 Å². The summed E-state index contributed by atoms with van der Waals surface area (Å²) in [4.78, 5) is 6.81. The molecule has 23 heavy (non-hydrogen) atoms. The molecule has 3 rings (SSSR count). The van der Waals surface area contributed by atoms with Gasteiger partial charge in [-0.3, -0.25) is 4.40 Å². The van der Waals surface area contributed by atoms with Gasteiger partial charge in [0.05, 0.1) is 23.2 Å². The Hall–Kier alpha value is -2.58. The van der Waals surface area contributed by atoms with Crippen molar-refractivity contribution in [3.05, 3.63) is 41.5 Å². The molecule has 0 aliphatic carbocycles. The highest BCUT2D eigenvalue weighted by Gasteiger charge is 2.16. The maximum Gasteiger partial charge on any atom is 0.157 e. The molecule has 0 bridgehead atoms. The molecule has 0 fully saturated rings. The van der Waals surface area contributed by atoms with E-state index in [4.69, 9.17) is 4.74 Å². The van der Waals surface area contributed by atoms with Gasteiger partial charge in [0.1, 0.15) is 11.9 Å². The number of rotatable bonds is 5. The Morgan fingerprint density at radius 3 is 2.87 bits per heavy atom. The second-order valence-electron chi connectivity index (χ2n) is 5.55. The maximum absolute atomic E-state index is 9.51. The zero-order valence-corrected chi connectivity index (χ0v) is 13.7. The number of aromatic nitrogens is 2. The standard InChI is InChI=1S/C18H20N4O/c1-4-23-10-9-21(3)17-11-13(2)14(12-19)18-20-15-7-5-6-8-16(15)22(17)18/h5-8,11H,4,9-10H2,1-3H3. The van der Waals surface area contributed by atoms with Crippen LogP contribution in [0.2, 0.25) is 0 Å². The minimum absolute atomic E-state index is 0.628. The molecule has 0 radical (unpaired) electrons. The van der Waals surface area contributed by atoms with Crippen molar-refractivity contribution in [3.8, 4) is 6.07 Å². The number of aryl methyl sites for hydroxylation is 1. The van der Waals surface area contributed by atoms with Gasteiger partial charge in [-0.15, -0.1) is 0 Å². The van der Waals surface area contributed by atoms with Gasteiger partial charge in [-0.05, 0) is 37.6 Å². The van der Waals surface area contributed by atoms with Gasteiger partial charge >= 0.3 is 0 Å². The maximum atomic E-state index is 9.51. The first kappa shape index (κ1) is 15.3. The second kappa shape index (κ2) is 6.27. The minimum atomic E-state index is 0.628. The van der Waals surface area contributed by atoms with Gasteiger partial charge < -0.3 is 9.64 Å². The van der Waals surface area contributed by atoms with E-state index in [0.29, 0.717) is 24.4 Å². The molecule has 1 aromatic carbocycles. The second-order valence-corrected chi connectivity index (χ2v) is 5.55. The van der Waals surface area contributed by atoms with Crippen LogP contribution in [0.3, 0.4) is 0 Å². The fraction of sp³-hybridized carbons (Fsp3) is 0.333. The molecule has 0 N–H and O–H groups in total. The van der Waals surface area contributed by atoms with Crippen LogP contribution in [-0.2, 0) is 4.74 Å². The van der Waals surface area contributed by atoms with E-state index < -0.39 is 0 Å². The number of fused-ring (bicyclic) bond motifs is 3. The SMILES string of the molecule is CCOCCN(C)c1cc(C)c(C#N)c2nc3ccccc3n12. The predicted octanol–water partition coefficient (Wildman–Crippen LogP) is 3.14. The monoisotopic (exact) mass is 308 g/mol. The first-order valence-electron chi connectivity index (χ1n) is 7.77. The van der Waals surface area contributed by atoms with Crippen molar-refractivity contribution in [2.75, 3.05) is 31.7 Å². The highest BCUT2D eigenvalue weighted by Crippen LogP contribution is 2.28. The fourth-order valence-corrected chi connectivity index (χ4v) is 2.81. The van der Waals surface area contributed by atoms with E-state index in [2.05, 4.69) is 20.4 Å². The number of nitrogens with zero attached hydrogens (tertiary/aromatic N) is 4. The van der Waals surface area contributed by atoms with Gasteiger partial charge in [-0.2, -0.15) is 5.26 Å². The zero-order valence-electron chi connectivity index (χ0n) is 13.7. The molecule has 0 spiro atoms. The highest BCUT2D eigenvalue weighted by atomic mass is 16.5. The summed E-state index contributed by atoms with van der Waals surface area (Å²) in [6.07, 6.45) is 0. The van der Waals surface area contributed by atoms with Gasteiger partial charge in [0, 0.05) is 20.2 Å². The molecule has 0 aliphatic heterocycles. The quantitative estimate of drug-likeness (QED) is 0.680. The molecule has 0 atom stereocenters. The largest absolute Gasteiger partial charge is 0.380 e. The van der Waals surface area contributed by atoms with Crippen LogP contribution < -0.4 is 4.90 Å². The Balaban J connectivity index is 2.23. The molecule has 2 aromatic heterocycles. The van der Waals surface area contributed by atoms with Crippen LogP contribution in [0, 0.1) is 18.3 Å². The van der Waals surface area contributed by atoms with Crippen LogP contribution >= 0.6 is 0 Å². The van der Waals surface area contributed by atoms with Gasteiger partial charge in [0.15, 0.2) is 5.65 Å². The summed E-state index contributed by atoms with van der Waals surface area (Å²) in [5, 5.41) is 9.51. The summed E-state index contributed by atoms with van der Waals surface area (Å²) in [5.41, 5.74) is 4.19. The number of ether oxygens (including phenoxy) is 1. The first-order chi connectivity index (χ1) is 11.2. The fourth-order valence-electron chi connectivity index (χ4n) is 2.81. The summed E-state index contributed by atoms with van der Waals surface area (Å²) in [6.45, 7) is 6.11. The van der Waals surface area contributed by atoms with Crippen molar-refractivity contribution >= 4 is 22.5 Å². The summed E-state index contributed by atoms with van der Waals surface area (Å²) in [6, 6.07) is 12.3. The van der Waals surface area contributed by atoms with Crippen LogP contribution in [0.1, 0.15) is 18.1 Å². The van der Waals surface area contributed by atoms with E-state index in [9.17, 15) is 5.26 Å². The van der Waals surface area contributed by atoms with Crippen LogP contribution in [0.4, 0.5) is 5.82 Å². The molecule has 3 aromatic rings. The van der Waals surface area contributed by atoms with Gasteiger partial charge in [-0.1, -0.05) is 12.1 Å². The van der Waals surface area contributed by atoms with Gasteiger partial charge in [-0.25, -0.2) is 4.98 Å². The molecule has 5 heteroatoms. The van der Waals surface area contributed by atoms with E-state index in [-0.39, 0.29) is 0 Å². The number of imidazole rings is 1. The Morgan fingerprint density at radius 1 is 1.35 bits per heavy atom. The van der Waals surface area contributed by atoms with Crippen molar-refractivity contribution in [2.24, 2.45) is 0 Å². The number of pyridine rings is 1. The third kappa shape index (κ3) is 2.62. The van der Waals surface area contributed by atoms with Crippen molar-refractivity contribution in [1.82, 2.24) is 9.38 Å². The third-order valence-electron chi connectivity index (χ3n) is 4.03. The molecule has 0 saturated carbocycles. The third-order valence-corrected chi connectivity index (χ3v) is 4.03. The lowest BCUT2D eigenvalue weighted by Gasteiger charge is -2.22. The first-order valence-corrected chi connectivity index (χ1v) is 7.77. The number of likely N-dealkylation sites (N-methyl/N-ethyl adjacent to an activating group) is 1. The molecule has 2 heterocycles. The Labute approximate surface area is 135 Å². The number of anilines is 1. The average molecular weight is 308 g/mol. The topological polar surface area (TPSA) is 53.6 Å². The van der Waals surface area contributed by atoms with Crippen molar-refractivity contribution < 1.29 is 4.74 Å². The van der Waals surface area contributed by atoms with Gasteiger partial charge in [0.2, 0.25) is 0 Å².